The first-order chi connectivity index (χ1) is 14.0. The number of carboxylic acid groups (broad SMARTS) is 1. The minimum absolute atomic E-state index is 0.260. The molecule has 2 aromatic rings. The Morgan fingerprint density at radius 3 is 2.47 bits per heavy atom. The lowest BCUT2D eigenvalue weighted by Gasteiger charge is -2.35. The van der Waals surface area contributed by atoms with Gasteiger partial charge in [0.05, 0.1) is 11.0 Å². The number of anilines is 1. The maximum atomic E-state index is 12.7. The first kappa shape index (κ1) is 21.6. The summed E-state index contributed by atoms with van der Waals surface area (Å²) < 4.78 is 0. The minimum Gasteiger partial charge on any atom is -0.481 e. The predicted octanol–water partition coefficient (Wildman–Crippen LogP) is 5.18. The summed E-state index contributed by atoms with van der Waals surface area (Å²) in [5, 5.41) is 21.6. The van der Waals surface area contributed by atoms with Crippen molar-refractivity contribution in [2.24, 2.45) is 5.41 Å². The molecule has 1 aliphatic rings. The van der Waals surface area contributed by atoms with Crippen LogP contribution in [0.4, 0.5) is 5.69 Å². The van der Waals surface area contributed by atoms with Crippen LogP contribution in [0.25, 0.3) is 0 Å². The molecule has 1 aliphatic carbocycles. The molecule has 0 radical (unpaired) electrons. The average molecular weight is 408 g/mol. The number of nitrogens with zero attached hydrogens (tertiary/aromatic N) is 1. The van der Waals surface area contributed by atoms with Gasteiger partial charge in [0.25, 0.3) is 5.91 Å². The molecular weight excluding hydrogens is 378 g/mol. The Morgan fingerprint density at radius 2 is 1.90 bits per heavy atom. The van der Waals surface area contributed by atoms with E-state index < -0.39 is 11.4 Å². The van der Waals surface area contributed by atoms with Crippen molar-refractivity contribution in [2.45, 2.75) is 64.7 Å². The molecule has 0 aliphatic heterocycles. The molecule has 0 atom stereocenters. The molecule has 1 aromatic heterocycles. The number of carbonyl (C=O) groups is 2. The number of aromatic nitrogens is 1. The van der Waals surface area contributed by atoms with Crippen molar-refractivity contribution in [3.63, 3.8) is 0 Å². The van der Waals surface area contributed by atoms with Crippen molar-refractivity contribution in [3.05, 3.63) is 52.8 Å². The van der Waals surface area contributed by atoms with Gasteiger partial charge in [-0.1, -0.05) is 26.0 Å². The molecule has 0 bridgehead atoms. The van der Waals surface area contributed by atoms with E-state index in [0.717, 1.165) is 36.8 Å². The third kappa shape index (κ3) is 4.40. The zero-order valence-electron chi connectivity index (χ0n) is 18.0. The van der Waals surface area contributed by atoms with Crippen molar-refractivity contribution in [1.29, 1.82) is 5.26 Å². The van der Waals surface area contributed by atoms with Crippen LogP contribution in [0.5, 0.6) is 0 Å². The highest BCUT2D eigenvalue weighted by Gasteiger charge is 2.33. The molecule has 158 valence electrons. The van der Waals surface area contributed by atoms with Crippen LogP contribution in [0.2, 0.25) is 0 Å². The molecule has 30 heavy (non-hydrogen) atoms. The van der Waals surface area contributed by atoms with Gasteiger partial charge in [-0.15, -0.1) is 0 Å². The van der Waals surface area contributed by atoms with E-state index in [2.05, 4.69) is 24.1 Å². The van der Waals surface area contributed by atoms with Crippen LogP contribution in [-0.2, 0) is 10.2 Å². The number of hydrogen-bond acceptors (Lipinski definition) is 3. The molecule has 6 nitrogen and oxygen atoms in total. The highest BCUT2D eigenvalue weighted by Crippen LogP contribution is 2.45. The molecule has 0 saturated heterocycles. The highest BCUT2D eigenvalue weighted by atomic mass is 16.4. The van der Waals surface area contributed by atoms with Crippen molar-refractivity contribution in [1.82, 2.24) is 4.98 Å². The van der Waals surface area contributed by atoms with Crippen LogP contribution in [0, 0.1) is 16.7 Å². The zero-order valence-corrected chi connectivity index (χ0v) is 18.0. The fourth-order valence-corrected chi connectivity index (χ4v) is 4.02. The monoisotopic (exact) mass is 407 g/mol. The van der Waals surface area contributed by atoms with Gasteiger partial charge in [0.1, 0.15) is 11.8 Å². The Hall–Kier alpha value is -3.07. The van der Waals surface area contributed by atoms with Gasteiger partial charge in [0, 0.05) is 11.9 Å². The molecule has 3 rings (SSSR count). The Balaban J connectivity index is 1.96. The summed E-state index contributed by atoms with van der Waals surface area (Å²) in [5.74, 6) is -0.944. The third-order valence-corrected chi connectivity index (χ3v) is 6.39. The minimum atomic E-state index is -1.02. The van der Waals surface area contributed by atoms with E-state index in [0.29, 0.717) is 22.4 Å². The molecule has 6 heteroatoms. The van der Waals surface area contributed by atoms with E-state index >= 15 is 0 Å². The van der Waals surface area contributed by atoms with Gasteiger partial charge < -0.3 is 15.4 Å². The largest absolute Gasteiger partial charge is 0.481 e. The van der Waals surface area contributed by atoms with Gasteiger partial charge in [0.15, 0.2) is 0 Å². The summed E-state index contributed by atoms with van der Waals surface area (Å²) in [4.78, 5) is 27.3. The number of benzene rings is 1. The van der Waals surface area contributed by atoms with Crippen LogP contribution in [0.1, 0.15) is 86.5 Å². The predicted molar refractivity (Wildman–Crippen MR) is 116 cm³/mol. The Kier molecular flexibility index (Phi) is 5.76. The number of nitriles is 1. The summed E-state index contributed by atoms with van der Waals surface area (Å²) in [6.07, 6.45) is 5.65. The molecule has 3 N–H and O–H groups in total. The van der Waals surface area contributed by atoms with Crippen molar-refractivity contribution in [3.8, 4) is 6.07 Å². The SMILES string of the molecule is CC1(C)CCC(c2cc(C(C)(C)C(=O)O)ccc2NC(=O)c2cc(C#N)c[nH]2)CC1. The number of aliphatic carboxylic acids is 1. The molecule has 1 aromatic carbocycles. The fraction of sp³-hybridized carbons (Fsp3) is 0.458. The number of hydrogen-bond donors (Lipinski definition) is 3. The highest BCUT2D eigenvalue weighted by molar-refractivity contribution is 6.03. The van der Waals surface area contributed by atoms with Crippen LogP contribution >= 0.6 is 0 Å². The van der Waals surface area contributed by atoms with Gasteiger partial charge in [-0.25, -0.2) is 0 Å². The number of amides is 1. The Bertz CT molecular complexity index is 1000. The number of aromatic amines is 1. The zero-order chi connectivity index (χ0) is 22.1. The lowest BCUT2D eigenvalue weighted by molar-refractivity contribution is -0.142. The number of carboxylic acids is 1. The number of H-pyrrole nitrogens is 1. The van der Waals surface area contributed by atoms with Crippen LogP contribution < -0.4 is 5.32 Å². The summed E-state index contributed by atoms with van der Waals surface area (Å²) in [7, 11) is 0. The van der Waals surface area contributed by atoms with E-state index in [1.165, 1.54) is 12.3 Å². The topological polar surface area (TPSA) is 106 Å². The molecule has 1 fully saturated rings. The second kappa shape index (κ2) is 7.98. The number of rotatable bonds is 5. The lowest BCUT2D eigenvalue weighted by Crippen LogP contribution is -2.29. The Morgan fingerprint density at radius 1 is 1.23 bits per heavy atom. The second-order valence-corrected chi connectivity index (χ2v) is 9.54. The standard InChI is InChI=1S/C24H29N3O3/c1-23(2)9-7-16(8-10-23)18-12-17(24(3,4)22(29)30)5-6-19(18)27-21(28)20-11-15(13-25)14-26-20/h5-6,11-12,14,16,26H,7-10H2,1-4H3,(H,27,28)(H,29,30). The normalized spacial score (nSPS) is 16.6. The van der Waals surface area contributed by atoms with Gasteiger partial charge in [-0.05, 0) is 74.1 Å². The summed E-state index contributed by atoms with van der Waals surface area (Å²) in [5.41, 5.74) is 2.40. The average Bonchev–Trinajstić information content (AvgIpc) is 3.17. The van der Waals surface area contributed by atoms with Crippen LogP contribution in [0.3, 0.4) is 0 Å². The smallest absolute Gasteiger partial charge is 0.313 e. The maximum absolute atomic E-state index is 12.7. The quantitative estimate of drug-likeness (QED) is 0.634. The van der Waals surface area contributed by atoms with Gasteiger partial charge in [-0.2, -0.15) is 5.26 Å². The first-order valence-corrected chi connectivity index (χ1v) is 10.3. The first-order valence-electron chi connectivity index (χ1n) is 10.3. The van der Waals surface area contributed by atoms with Gasteiger partial charge in [0.2, 0.25) is 0 Å². The van der Waals surface area contributed by atoms with Crippen molar-refractivity contribution in [2.75, 3.05) is 5.32 Å². The maximum Gasteiger partial charge on any atom is 0.313 e. The van der Waals surface area contributed by atoms with Gasteiger partial charge >= 0.3 is 5.97 Å². The number of carbonyl (C=O) groups excluding carboxylic acids is 1. The molecule has 1 saturated carbocycles. The van der Waals surface area contributed by atoms with E-state index in [-0.39, 0.29) is 11.8 Å². The van der Waals surface area contributed by atoms with E-state index in [1.54, 1.807) is 26.0 Å². The van der Waals surface area contributed by atoms with Gasteiger partial charge in [-0.3, -0.25) is 9.59 Å². The number of nitrogens with one attached hydrogen (secondary N) is 2. The lowest BCUT2D eigenvalue weighted by atomic mass is 9.70. The fourth-order valence-electron chi connectivity index (χ4n) is 4.02. The van der Waals surface area contributed by atoms with E-state index in [9.17, 15) is 14.7 Å². The molecule has 1 amide bonds. The van der Waals surface area contributed by atoms with Crippen LogP contribution in [-0.4, -0.2) is 22.0 Å². The van der Waals surface area contributed by atoms with E-state index in [1.807, 2.05) is 12.1 Å². The molecule has 1 heterocycles. The van der Waals surface area contributed by atoms with Crippen molar-refractivity contribution < 1.29 is 14.7 Å². The molecule has 0 unspecified atom stereocenters. The van der Waals surface area contributed by atoms with E-state index in [4.69, 9.17) is 5.26 Å². The molecular formula is C24H29N3O3. The second-order valence-electron chi connectivity index (χ2n) is 9.54. The van der Waals surface area contributed by atoms with Crippen LogP contribution in [0.15, 0.2) is 30.5 Å². The third-order valence-electron chi connectivity index (χ3n) is 6.39. The molecule has 0 spiro atoms. The summed E-state index contributed by atoms with van der Waals surface area (Å²) in [6, 6.07) is 9.05. The van der Waals surface area contributed by atoms with Crippen molar-refractivity contribution >= 4 is 17.6 Å². The summed E-state index contributed by atoms with van der Waals surface area (Å²) >= 11 is 0. The summed E-state index contributed by atoms with van der Waals surface area (Å²) in [6.45, 7) is 7.93. The Labute approximate surface area is 177 Å².